The molecule has 0 bridgehead atoms. The van der Waals surface area contributed by atoms with Gasteiger partial charge in [0.15, 0.2) is 5.82 Å². The van der Waals surface area contributed by atoms with Crippen LogP contribution in [0.4, 0.5) is 11.5 Å². The number of nitrogens with zero attached hydrogens (tertiary/aromatic N) is 5. The Morgan fingerprint density at radius 2 is 2.08 bits per heavy atom. The zero-order valence-corrected chi connectivity index (χ0v) is 13.9. The fraction of sp³-hybridized carbons (Fsp3) is 0.353. The molecule has 2 aromatic heterocycles. The topological polar surface area (TPSA) is 65.7 Å². The van der Waals surface area contributed by atoms with Crippen LogP contribution in [0.3, 0.4) is 0 Å². The summed E-state index contributed by atoms with van der Waals surface area (Å²) in [5.41, 5.74) is 1.03. The summed E-state index contributed by atoms with van der Waals surface area (Å²) in [4.78, 5) is 18.2. The van der Waals surface area contributed by atoms with Crippen LogP contribution >= 0.6 is 0 Å². The summed E-state index contributed by atoms with van der Waals surface area (Å²) in [7, 11) is 3.88. The fourth-order valence-corrected chi connectivity index (χ4v) is 2.57. The standard InChI is InChI=1S/C17H21N5O2/c1-20(2)16-12-14(13-18-19-16)21-7-9-22(10-8-21)17(23)6-5-15-4-3-11-24-15/h3-6,11-13H,7-10H2,1-2H3/b6-5+. The summed E-state index contributed by atoms with van der Waals surface area (Å²) in [6.07, 6.45) is 6.62. The number of anilines is 2. The Morgan fingerprint density at radius 3 is 2.75 bits per heavy atom. The van der Waals surface area contributed by atoms with Crippen molar-refractivity contribution in [1.82, 2.24) is 15.1 Å². The lowest BCUT2D eigenvalue weighted by Gasteiger charge is -2.35. The Hall–Kier alpha value is -2.83. The molecule has 1 amide bonds. The zero-order chi connectivity index (χ0) is 16.9. The SMILES string of the molecule is CN(C)c1cc(N2CCN(C(=O)/C=C/c3ccco3)CC2)cnn1. The second-order valence-corrected chi connectivity index (χ2v) is 5.83. The van der Waals surface area contributed by atoms with Gasteiger partial charge in [0.1, 0.15) is 5.76 Å². The van der Waals surface area contributed by atoms with Gasteiger partial charge in [0.2, 0.25) is 5.91 Å². The average molecular weight is 327 g/mol. The maximum absolute atomic E-state index is 12.2. The van der Waals surface area contributed by atoms with Gasteiger partial charge in [0, 0.05) is 52.4 Å². The smallest absolute Gasteiger partial charge is 0.246 e. The average Bonchev–Trinajstić information content (AvgIpc) is 3.13. The van der Waals surface area contributed by atoms with Crippen molar-refractivity contribution < 1.29 is 9.21 Å². The Labute approximate surface area is 141 Å². The summed E-state index contributed by atoms with van der Waals surface area (Å²) in [5.74, 6) is 1.52. The van der Waals surface area contributed by atoms with Gasteiger partial charge in [-0.05, 0) is 18.2 Å². The van der Waals surface area contributed by atoms with Crippen LogP contribution in [0.5, 0.6) is 0 Å². The monoisotopic (exact) mass is 327 g/mol. The van der Waals surface area contributed by atoms with Crippen LogP contribution in [-0.2, 0) is 4.79 Å². The number of hydrogen-bond acceptors (Lipinski definition) is 6. The molecular formula is C17H21N5O2. The number of piperazine rings is 1. The Kier molecular flexibility index (Phi) is 4.79. The lowest BCUT2D eigenvalue weighted by atomic mass is 10.2. The first-order valence-corrected chi connectivity index (χ1v) is 7.89. The highest BCUT2D eigenvalue weighted by molar-refractivity contribution is 5.91. The minimum Gasteiger partial charge on any atom is -0.465 e. The van der Waals surface area contributed by atoms with Crippen molar-refractivity contribution in [3.63, 3.8) is 0 Å². The van der Waals surface area contributed by atoms with Crippen molar-refractivity contribution in [3.8, 4) is 0 Å². The molecule has 126 valence electrons. The van der Waals surface area contributed by atoms with E-state index in [0.717, 1.165) is 24.6 Å². The highest BCUT2D eigenvalue weighted by Crippen LogP contribution is 2.19. The van der Waals surface area contributed by atoms with E-state index >= 15 is 0 Å². The normalized spacial score (nSPS) is 15.1. The van der Waals surface area contributed by atoms with Gasteiger partial charge >= 0.3 is 0 Å². The number of aromatic nitrogens is 2. The molecule has 0 unspecified atom stereocenters. The van der Waals surface area contributed by atoms with Gasteiger partial charge in [-0.15, -0.1) is 5.10 Å². The van der Waals surface area contributed by atoms with E-state index in [-0.39, 0.29) is 5.91 Å². The molecule has 7 heteroatoms. The van der Waals surface area contributed by atoms with Gasteiger partial charge in [-0.1, -0.05) is 0 Å². The molecule has 0 saturated carbocycles. The van der Waals surface area contributed by atoms with Gasteiger partial charge in [-0.3, -0.25) is 4.79 Å². The fourth-order valence-electron chi connectivity index (χ4n) is 2.57. The van der Waals surface area contributed by atoms with Crippen LogP contribution in [0, 0.1) is 0 Å². The Bertz CT molecular complexity index is 704. The van der Waals surface area contributed by atoms with Crippen molar-refractivity contribution >= 4 is 23.5 Å². The molecule has 0 N–H and O–H groups in total. The van der Waals surface area contributed by atoms with Gasteiger partial charge in [-0.25, -0.2) is 0 Å². The molecule has 0 aliphatic carbocycles. The molecule has 0 aromatic carbocycles. The van der Waals surface area contributed by atoms with Crippen LogP contribution in [0.1, 0.15) is 5.76 Å². The van der Waals surface area contributed by atoms with E-state index in [0.29, 0.717) is 18.8 Å². The molecule has 7 nitrogen and oxygen atoms in total. The minimum atomic E-state index is 0.00730. The van der Waals surface area contributed by atoms with E-state index in [1.807, 2.05) is 36.0 Å². The molecule has 1 aliphatic heterocycles. The summed E-state index contributed by atoms with van der Waals surface area (Å²) in [6.45, 7) is 2.92. The summed E-state index contributed by atoms with van der Waals surface area (Å²) >= 11 is 0. The summed E-state index contributed by atoms with van der Waals surface area (Å²) < 4.78 is 5.19. The predicted molar refractivity (Wildman–Crippen MR) is 92.9 cm³/mol. The molecule has 0 atom stereocenters. The number of carbonyl (C=O) groups excluding carboxylic acids is 1. The van der Waals surface area contributed by atoms with Crippen LogP contribution in [0.15, 0.2) is 41.2 Å². The molecule has 3 rings (SSSR count). The first kappa shape index (κ1) is 16.0. The molecule has 3 heterocycles. The second-order valence-electron chi connectivity index (χ2n) is 5.83. The number of furan rings is 1. The highest BCUT2D eigenvalue weighted by atomic mass is 16.3. The molecule has 2 aromatic rings. The Morgan fingerprint density at radius 1 is 1.29 bits per heavy atom. The maximum atomic E-state index is 12.2. The quantitative estimate of drug-likeness (QED) is 0.793. The second kappa shape index (κ2) is 7.16. The highest BCUT2D eigenvalue weighted by Gasteiger charge is 2.20. The van der Waals surface area contributed by atoms with Crippen LogP contribution in [0.2, 0.25) is 0 Å². The first-order valence-electron chi connectivity index (χ1n) is 7.89. The molecule has 24 heavy (non-hydrogen) atoms. The van der Waals surface area contributed by atoms with Gasteiger partial charge in [0.25, 0.3) is 0 Å². The van der Waals surface area contributed by atoms with Crippen molar-refractivity contribution in [1.29, 1.82) is 0 Å². The molecule has 1 fully saturated rings. The Balaban J connectivity index is 1.57. The molecule has 1 saturated heterocycles. The lowest BCUT2D eigenvalue weighted by Crippen LogP contribution is -2.48. The zero-order valence-electron chi connectivity index (χ0n) is 13.9. The predicted octanol–water partition coefficient (Wildman–Crippen LogP) is 1.50. The molecule has 0 radical (unpaired) electrons. The van der Waals surface area contributed by atoms with Gasteiger partial charge in [-0.2, -0.15) is 5.10 Å². The first-order chi connectivity index (χ1) is 11.6. The van der Waals surface area contributed by atoms with E-state index in [1.54, 1.807) is 30.7 Å². The summed E-state index contributed by atoms with van der Waals surface area (Å²) in [6, 6.07) is 5.63. The third-order valence-corrected chi connectivity index (χ3v) is 3.98. The van der Waals surface area contributed by atoms with Gasteiger partial charge < -0.3 is 19.1 Å². The van der Waals surface area contributed by atoms with Gasteiger partial charge in [0.05, 0.1) is 18.1 Å². The van der Waals surface area contributed by atoms with Crippen LogP contribution in [0.25, 0.3) is 6.08 Å². The molecular weight excluding hydrogens is 306 g/mol. The van der Waals surface area contributed by atoms with Crippen molar-refractivity contribution in [2.24, 2.45) is 0 Å². The van der Waals surface area contributed by atoms with E-state index < -0.39 is 0 Å². The number of hydrogen-bond donors (Lipinski definition) is 0. The third kappa shape index (κ3) is 3.73. The number of carbonyl (C=O) groups is 1. The van der Waals surface area contributed by atoms with E-state index in [9.17, 15) is 4.79 Å². The van der Waals surface area contributed by atoms with E-state index in [4.69, 9.17) is 4.42 Å². The minimum absolute atomic E-state index is 0.00730. The van der Waals surface area contributed by atoms with E-state index in [1.165, 1.54) is 0 Å². The molecule has 1 aliphatic rings. The van der Waals surface area contributed by atoms with Crippen molar-refractivity contribution in [2.75, 3.05) is 50.1 Å². The number of amides is 1. The van der Waals surface area contributed by atoms with Crippen molar-refractivity contribution in [3.05, 3.63) is 42.5 Å². The van der Waals surface area contributed by atoms with Crippen molar-refractivity contribution in [2.45, 2.75) is 0 Å². The summed E-state index contributed by atoms with van der Waals surface area (Å²) in [5, 5.41) is 8.15. The molecule has 0 spiro atoms. The third-order valence-electron chi connectivity index (χ3n) is 3.98. The largest absolute Gasteiger partial charge is 0.465 e. The van der Waals surface area contributed by atoms with Crippen LogP contribution < -0.4 is 9.80 Å². The lowest BCUT2D eigenvalue weighted by molar-refractivity contribution is -0.126. The van der Waals surface area contributed by atoms with E-state index in [2.05, 4.69) is 15.1 Å². The number of rotatable bonds is 4. The van der Waals surface area contributed by atoms with Crippen LogP contribution in [-0.4, -0.2) is 61.3 Å². The maximum Gasteiger partial charge on any atom is 0.246 e.